The number of H-pyrrole nitrogens is 1. The Hall–Kier alpha value is -1.40. The van der Waals surface area contributed by atoms with Crippen LogP contribution in [0, 0.1) is 5.92 Å². The zero-order chi connectivity index (χ0) is 14.7. The average molecular weight is 291 g/mol. The van der Waals surface area contributed by atoms with E-state index in [1.54, 1.807) is 0 Å². The Bertz CT molecular complexity index is 490. The number of likely N-dealkylation sites (tertiary alicyclic amines) is 1. The van der Waals surface area contributed by atoms with Gasteiger partial charge in [-0.05, 0) is 45.3 Å². The van der Waals surface area contributed by atoms with Crippen molar-refractivity contribution in [1.82, 2.24) is 25.7 Å². The van der Waals surface area contributed by atoms with Gasteiger partial charge in [0.15, 0.2) is 5.69 Å². The van der Waals surface area contributed by atoms with Crippen LogP contribution < -0.4 is 10.6 Å². The number of nitrogens with one attached hydrogen (secondary N) is 3. The van der Waals surface area contributed by atoms with Crippen LogP contribution in [-0.2, 0) is 13.0 Å². The molecule has 0 atom stereocenters. The zero-order valence-corrected chi connectivity index (χ0v) is 12.7. The fraction of sp³-hybridized carbons (Fsp3) is 0.733. The van der Waals surface area contributed by atoms with E-state index in [4.69, 9.17) is 0 Å². The zero-order valence-electron chi connectivity index (χ0n) is 12.7. The van der Waals surface area contributed by atoms with Crippen LogP contribution in [0.25, 0.3) is 0 Å². The molecule has 2 aliphatic rings. The first-order valence-electron chi connectivity index (χ1n) is 7.97. The third-order valence-electron chi connectivity index (χ3n) is 4.70. The fourth-order valence-electron chi connectivity index (χ4n) is 3.24. The Morgan fingerprint density at radius 2 is 2.24 bits per heavy atom. The van der Waals surface area contributed by atoms with Crippen molar-refractivity contribution < 1.29 is 4.79 Å². The van der Waals surface area contributed by atoms with Gasteiger partial charge in [0, 0.05) is 37.3 Å². The van der Waals surface area contributed by atoms with Crippen molar-refractivity contribution in [3.63, 3.8) is 0 Å². The minimum atomic E-state index is -0.0378. The van der Waals surface area contributed by atoms with Crippen LogP contribution >= 0.6 is 0 Å². The lowest BCUT2D eigenvalue weighted by atomic mass is 9.94. The summed E-state index contributed by atoms with van der Waals surface area (Å²) in [5.74, 6) is 0.709. The standard InChI is InChI=1S/C15H25N5O/c1-20-8-4-11(5-9-20)2-7-17-15(21)14-12-10-16-6-3-13(12)18-19-14/h11,16H,2-10H2,1H3,(H,17,21)(H,18,19). The highest BCUT2D eigenvalue weighted by Gasteiger charge is 2.22. The van der Waals surface area contributed by atoms with Gasteiger partial charge in [-0.15, -0.1) is 0 Å². The Balaban J connectivity index is 1.47. The quantitative estimate of drug-likeness (QED) is 0.756. The summed E-state index contributed by atoms with van der Waals surface area (Å²) in [5.41, 5.74) is 2.72. The van der Waals surface area contributed by atoms with Crippen LogP contribution in [-0.4, -0.2) is 54.2 Å². The molecule has 0 bridgehead atoms. The van der Waals surface area contributed by atoms with E-state index in [0.29, 0.717) is 5.69 Å². The van der Waals surface area contributed by atoms with Crippen molar-refractivity contribution >= 4 is 5.91 Å². The van der Waals surface area contributed by atoms with Crippen molar-refractivity contribution in [2.45, 2.75) is 32.2 Å². The number of hydrogen-bond donors (Lipinski definition) is 3. The molecule has 0 radical (unpaired) electrons. The number of amides is 1. The number of carbonyl (C=O) groups is 1. The largest absolute Gasteiger partial charge is 0.351 e. The molecule has 1 aromatic rings. The monoisotopic (exact) mass is 291 g/mol. The van der Waals surface area contributed by atoms with Gasteiger partial charge in [-0.3, -0.25) is 9.89 Å². The summed E-state index contributed by atoms with van der Waals surface area (Å²) in [6.45, 7) is 4.80. The van der Waals surface area contributed by atoms with E-state index in [1.165, 1.54) is 25.9 Å². The van der Waals surface area contributed by atoms with Gasteiger partial charge in [0.05, 0.1) is 0 Å². The molecule has 3 heterocycles. The number of nitrogens with zero attached hydrogens (tertiary/aromatic N) is 2. The molecule has 3 N–H and O–H groups in total. The van der Waals surface area contributed by atoms with Crippen LogP contribution in [0.5, 0.6) is 0 Å². The maximum atomic E-state index is 12.2. The van der Waals surface area contributed by atoms with E-state index in [9.17, 15) is 4.79 Å². The lowest BCUT2D eigenvalue weighted by molar-refractivity contribution is 0.0942. The van der Waals surface area contributed by atoms with Gasteiger partial charge in [-0.25, -0.2) is 0 Å². The minimum absolute atomic E-state index is 0.0378. The summed E-state index contributed by atoms with van der Waals surface area (Å²) in [6.07, 6.45) is 4.48. The van der Waals surface area contributed by atoms with E-state index in [1.807, 2.05) is 0 Å². The van der Waals surface area contributed by atoms with E-state index >= 15 is 0 Å². The summed E-state index contributed by atoms with van der Waals surface area (Å²) in [5, 5.41) is 13.5. The number of rotatable bonds is 4. The van der Waals surface area contributed by atoms with Crippen LogP contribution in [0.4, 0.5) is 0 Å². The number of aromatic amines is 1. The maximum absolute atomic E-state index is 12.2. The highest BCUT2D eigenvalue weighted by atomic mass is 16.1. The molecule has 0 unspecified atom stereocenters. The van der Waals surface area contributed by atoms with Gasteiger partial charge in [0.2, 0.25) is 0 Å². The van der Waals surface area contributed by atoms with Gasteiger partial charge in [0.1, 0.15) is 0 Å². The molecule has 0 aromatic carbocycles. The van der Waals surface area contributed by atoms with Crippen LogP contribution in [0.1, 0.15) is 41.0 Å². The van der Waals surface area contributed by atoms with Crippen LogP contribution in [0.15, 0.2) is 0 Å². The van der Waals surface area contributed by atoms with Crippen molar-refractivity contribution in [1.29, 1.82) is 0 Å². The number of fused-ring (bicyclic) bond motifs is 1. The molecule has 0 aliphatic carbocycles. The Labute approximate surface area is 125 Å². The fourth-order valence-corrected chi connectivity index (χ4v) is 3.24. The molecule has 1 fully saturated rings. The molecule has 21 heavy (non-hydrogen) atoms. The molecule has 3 rings (SSSR count). The smallest absolute Gasteiger partial charge is 0.272 e. The first kappa shape index (κ1) is 14.5. The Morgan fingerprint density at radius 1 is 1.43 bits per heavy atom. The van der Waals surface area contributed by atoms with E-state index in [0.717, 1.165) is 49.7 Å². The number of piperidine rings is 1. The molecule has 0 saturated carbocycles. The molecule has 116 valence electrons. The highest BCUT2D eigenvalue weighted by Crippen LogP contribution is 2.19. The van der Waals surface area contributed by atoms with Gasteiger partial charge in [0.25, 0.3) is 5.91 Å². The van der Waals surface area contributed by atoms with Crippen LogP contribution in [0.2, 0.25) is 0 Å². The van der Waals surface area contributed by atoms with Crippen molar-refractivity contribution in [3.05, 3.63) is 17.0 Å². The molecule has 6 nitrogen and oxygen atoms in total. The Morgan fingerprint density at radius 3 is 3.05 bits per heavy atom. The maximum Gasteiger partial charge on any atom is 0.272 e. The van der Waals surface area contributed by atoms with Gasteiger partial charge in [-0.2, -0.15) is 5.10 Å². The average Bonchev–Trinajstić information content (AvgIpc) is 2.93. The molecule has 0 spiro atoms. The predicted octanol–water partition coefficient (Wildman–Crippen LogP) is 0.517. The summed E-state index contributed by atoms with van der Waals surface area (Å²) < 4.78 is 0. The van der Waals surface area contributed by atoms with Gasteiger partial charge >= 0.3 is 0 Å². The van der Waals surface area contributed by atoms with E-state index in [-0.39, 0.29) is 5.91 Å². The lowest BCUT2D eigenvalue weighted by Gasteiger charge is -2.28. The first-order chi connectivity index (χ1) is 10.2. The normalized spacial score (nSPS) is 20.2. The van der Waals surface area contributed by atoms with Crippen molar-refractivity contribution in [2.24, 2.45) is 5.92 Å². The van der Waals surface area contributed by atoms with E-state index in [2.05, 4.69) is 32.8 Å². The molecular weight excluding hydrogens is 266 g/mol. The summed E-state index contributed by atoms with van der Waals surface area (Å²) >= 11 is 0. The molecule has 1 aromatic heterocycles. The van der Waals surface area contributed by atoms with E-state index < -0.39 is 0 Å². The van der Waals surface area contributed by atoms with Crippen molar-refractivity contribution in [3.8, 4) is 0 Å². The Kier molecular flexibility index (Phi) is 4.55. The second-order valence-electron chi connectivity index (χ2n) is 6.25. The minimum Gasteiger partial charge on any atom is -0.351 e. The molecule has 1 saturated heterocycles. The molecule has 2 aliphatic heterocycles. The third-order valence-corrected chi connectivity index (χ3v) is 4.70. The van der Waals surface area contributed by atoms with Gasteiger partial charge in [-0.1, -0.05) is 0 Å². The highest BCUT2D eigenvalue weighted by molar-refractivity contribution is 5.94. The molecule has 1 amide bonds. The number of carbonyl (C=O) groups excluding carboxylic acids is 1. The second kappa shape index (κ2) is 6.58. The summed E-state index contributed by atoms with van der Waals surface area (Å²) in [6, 6.07) is 0. The number of aromatic nitrogens is 2. The lowest BCUT2D eigenvalue weighted by Crippen LogP contribution is -2.33. The third kappa shape index (κ3) is 3.44. The van der Waals surface area contributed by atoms with Crippen molar-refractivity contribution in [2.75, 3.05) is 33.2 Å². The number of hydrogen-bond acceptors (Lipinski definition) is 4. The predicted molar refractivity (Wildman–Crippen MR) is 81.2 cm³/mol. The summed E-state index contributed by atoms with van der Waals surface area (Å²) in [4.78, 5) is 14.6. The first-order valence-corrected chi connectivity index (χ1v) is 7.97. The molecular formula is C15H25N5O. The SMILES string of the molecule is CN1CCC(CCNC(=O)c2n[nH]c3c2CNCC3)CC1. The van der Waals surface area contributed by atoms with Gasteiger partial charge < -0.3 is 15.5 Å². The second-order valence-corrected chi connectivity index (χ2v) is 6.25. The summed E-state index contributed by atoms with van der Waals surface area (Å²) in [7, 11) is 2.17. The topological polar surface area (TPSA) is 73.0 Å². The van der Waals surface area contributed by atoms with Crippen LogP contribution in [0.3, 0.4) is 0 Å². The molecule has 6 heteroatoms.